The van der Waals surface area contributed by atoms with E-state index in [1.807, 2.05) is 0 Å². The van der Waals surface area contributed by atoms with Gasteiger partial charge in [-0.3, -0.25) is 0 Å². The lowest BCUT2D eigenvalue weighted by Crippen LogP contribution is -2.10. The minimum absolute atomic E-state index is 0.0496. The minimum Gasteiger partial charge on any atom is -0.457 e. The highest BCUT2D eigenvalue weighted by Crippen LogP contribution is 2.21. The van der Waals surface area contributed by atoms with Crippen LogP contribution >= 0.6 is 11.6 Å². The molecule has 0 bridgehead atoms. The van der Waals surface area contributed by atoms with Crippen molar-refractivity contribution in [2.45, 2.75) is 13.2 Å². The van der Waals surface area contributed by atoms with Gasteiger partial charge in [0.25, 0.3) is 0 Å². The van der Waals surface area contributed by atoms with Crippen molar-refractivity contribution in [3.8, 4) is 5.75 Å². The molecule has 1 aromatic carbocycles. The van der Waals surface area contributed by atoms with Crippen LogP contribution in [0.25, 0.3) is 0 Å². The zero-order chi connectivity index (χ0) is 15.2. The van der Waals surface area contributed by atoms with Gasteiger partial charge in [-0.2, -0.15) is 8.78 Å². The molecule has 0 N–H and O–H groups in total. The molecule has 0 atom stereocenters. The number of hydrogen-bond donors (Lipinski definition) is 0. The van der Waals surface area contributed by atoms with Gasteiger partial charge >= 0.3 is 12.6 Å². The fourth-order valence-corrected chi connectivity index (χ4v) is 1.66. The van der Waals surface area contributed by atoms with Crippen molar-refractivity contribution in [3.63, 3.8) is 0 Å². The zero-order valence-electron chi connectivity index (χ0n) is 10.6. The van der Waals surface area contributed by atoms with Crippen LogP contribution in [-0.4, -0.2) is 17.6 Å². The zero-order valence-corrected chi connectivity index (χ0v) is 11.4. The van der Waals surface area contributed by atoms with Crippen LogP contribution in [0.5, 0.6) is 5.75 Å². The van der Waals surface area contributed by atoms with Crippen LogP contribution in [0.2, 0.25) is 5.15 Å². The molecule has 0 radical (unpaired) electrons. The summed E-state index contributed by atoms with van der Waals surface area (Å²) in [5.74, 6) is -0.993. The highest BCUT2D eigenvalue weighted by molar-refractivity contribution is 6.29. The van der Waals surface area contributed by atoms with E-state index in [0.717, 1.165) is 0 Å². The maximum absolute atomic E-state index is 12.3. The Morgan fingerprint density at radius 3 is 2.67 bits per heavy atom. The number of rotatable bonds is 5. The molecule has 4 nitrogen and oxygen atoms in total. The van der Waals surface area contributed by atoms with E-state index in [1.54, 1.807) is 12.1 Å². The topological polar surface area (TPSA) is 48.4 Å². The first-order valence-electron chi connectivity index (χ1n) is 5.87. The van der Waals surface area contributed by atoms with Crippen molar-refractivity contribution >= 4 is 17.6 Å². The third kappa shape index (κ3) is 4.39. The molecule has 21 heavy (non-hydrogen) atoms. The molecule has 0 spiro atoms. The first kappa shape index (κ1) is 15.2. The van der Waals surface area contributed by atoms with Gasteiger partial charge in [0.2, 0.25) is 0 Å². The summed E-state index contributed by atoms with van der Waals surface area (Å²) in [6, 6.07) is 8.83. The molecule has 0 saturated heterocycles. The molecule has 7 heteroatoms. The average molecular weight is 314 g/mol. The predicted octanol–water partition coefficient (Wildman–Crippen LogP) is 3.69. The lowest BCUT2D eigenvalue weighted by molar-refractivity contribution is -0.0504. The number of halogens is 3. The molecule has 1 heterocycles. The van der Waals surface area contributed by atoms with Crippen LogP contribution in [0.4, 0.5) is 8.78 Å². The Labute approximate surface area is 124 Å². The van der Waals surface area contributed by atoms with Crippen LogP contribution in [0.3, 0.4) is 0 Å². The second-order valence-corrected chi connectivity index (χ2v) is 4.33. The van der Waals surface area contributed by atoms with Gasteiger partial charge < -0.3 is 9.47 Å². The van der Waals surface area contributed by atoms with Crippen molar-refractivity contribution in [2.24, 2.45) is 0 Å². The van der Waals surface area contributed by atoms with Gasteiger partial charge in [-0.25, -0.2) is 9.78 Å². The monoisotopic (exact) mass is 313 g/mol. The number of benzene rings is 1. The Balaban J connectivity index is 2.05. The smallest absolute Gasteiger partial charge is 0.387 e. The number of aromatic nitrogens is 1. The second-order valence-electron chi connectivity index (χ2n) is 3.94. The SMILES string of the molecule is O=C(OCc1ccc(Cl)nc1)c1ccccc1OC(F)F. The number of nitrogens with zero attached hydrogens (tertiary/aromatic N) is 1. The molecular formula is C14H10ClF2NO3. The molecule has 0 aliphatic carbocycles. The Morgan fingerprint density at radius 1 is 1.24 bits per heavy atom. The van der Waals surface area contributed by atoms with Crippen LogP contribution < -0.4 is 4.74 Å². The highest BCUT2D eigenvalue weighted by atomic mass is 35.5. The van der Waals surface area contributed by atoms with E-state index in [1.165, 1.54) is 30.5 Å². The van der Waals surface area contributed by atoms with Crippen LogP contribution in [-0.2, 0) is 11.3 Å². The van der Waals surface area contributed by atoms with E-state index in [-0.39, 0.29) is 17.9 Å². The number of hydrogen-bond acceptors (Lipinski definition) is 4. The van der Waals surface area contributed by atoms with Crippen molar-refractivity contribution in [3.05, 3.63) is 58.9 Å². The summed E-state index contributed by atoms with van der Waals surface area (Å²) in [7, 11) is 0. The summed E-state index contributed by atoms with van der Waals surface area (Å²) >= 11 is 5.63. The molecule has 2 rings (SSSR count). The van der Waals surface area contributed by atoms with Crippen molar-refractivity contribution in [2.75, 3.05) is 0 Å². The number of alkyl halides is 2. The quantitative estimate of drug-likeness (QED) is 0.624. The second kappa shape index (κ2) is 6.99. The fraction of sp³-hybridized carbons (Fsp3) is 0.143. The molecule has 0 saturated carbocycles. The third-order valence-electron chi connectivity index (χ3n) is 2.48. The summed E-state index contributed by atoms with van der Waals surface area (Å²) in [5, 5.41) is 0.320. The van der Waals surface area contributed by atoms with Gasteiger partial charge in [-0.15, -0.1) is 0 Å². The minimum atomic E-state index is -3.01. The standard InChI is InChI=1S/C14H10ClF2NO3/c15-12-6-5-9(7-18-12)8-20-13(19)10-3-1-2-4-11(10)21-14(16)17/h1-7,14H,8H2. The summed E-state index contributed by atoms with van der Waals surface area (Å²) in [6.45, 7) is -3.06. The molecule has 0 aliphatic heterocycles. The van der Waals surface area contributed by atoms with Gasteiger partial charge in [0.1, 0.15) is 23.1 Å². The summed E-state index contributed by atoms with van der Waals surface area (Å²) in [5.41, 5.74) is 0.555. The van der Waals surface area contributed by atoms with E-state index in [0.29, 0.717) is 10.7 Å². The average Bonchev–Trinajstić information content (AvgIpc) is 2.46. The number of carbonyl (C=O) groups excluding carboxylic acids is 1. The van der Waals surface area contributed by atoms with Gasteiger partial charge in [-0.05, 0) is 18.2 Å². The predicted molar refractivity (Wildman–Crippen MR) is 71.4 cm³/mol. The Kier molecular flexibility index (Phi) is 5.05. The fourth-order valence-electron chi connectivity index (χ4n) is 1.55. The Hall–Kier alpha value is -2.21. The number of para-hydroxylation sites is 1. The molecule has 1 aromatic heterocycles. The molecule has 110 valence electrons. The van der Waals surface area contributed by atoms with Gasteiger partial charge in [0, 0.05) is 11.8 Å². The third-order valence-corrected chi connectivity index (χ3v) is 2.71. The van der Waals surface area contributed by atoms with Crippen molar-refractivity contribution in [1.29, 1.82) is 0 Å². The lowest BCUT2D eigenvalue weighted by atomic mass is 10.2. The van der Waals surface area contributed by atoms with Crippen LogP contribution in [0.15, 0.2) is 42.6 Å². The molecule has 2 aromatic rings. The molecule has 0 unspecified atom stereocenters. The molecule has 0 aliphatic rings. The van der Waals surface area contributed by atoms with E-state index >= 15 is 0 Å². The Morgan fingerprint density at radius 2 is 2.00 bits per heavy atom. The first-order chi connectivity index (χ1) is 10.1. The lowest BCUT2D eigenvalue weighted by Gasteiger charge is -2.10. The van der Waals surface area contributed by atoms with Crippen LogP contribution in [0.1, 0.15) is 15.9 Å². The van der Waals surface area contributed by atoms with E-state index < -0.39 is 12.6 Å². The van der Waals surface area contributed by atoms with Gasteiger partial charge in [0.15, 0.2) is 0 Å². The summed E-state index contributed by atoms with van der Waals surface area (Å²) in [4.78, 5) is 15.7. The molecular weight excluding hydrogens is 304 g/mol. The van der Waals surface area contributed by atoms with Crippen molar-refractivity contribution in [1.82, 2.24) is 4.98 Å². The highest BCUT2D eigenvalue weighted by Gasteiger charge is 2.16. The largest absolute Gasteiger partial charge is 0.457 e. The van der Waals surface area contributed by atoms with Crippen molar-refractivity contribution < 1.29 is 23.0 Å². The molecule has 0 amide bonds. The maximum Gasteiger partial charge on any atom is 0.387 e. The summed E-state index contributed by atoms with van der Waals surface area (Å²) < 4.78 is 33.8. The van der Waals surface area contributed by atoms with Crippen LogP contribution in [0, 0.1) is 0 Å². The van der Waals surface area contributed by atoms with Gasteiger partial charge in [0.05, 0.1) is 0 Å². The number of carbonyl (C=O) groups is 1. The summed E-state index contributed by atoms with van der Waals surface area (Å²) in [6.07, 6.45) is 1.46. The Bertz CT molecular complexity index is 620. The van der Waals surface area contributed by atoms with E-state index in [4.69, 9.17) is 16.3 Å². The normalized spacial score (nSPS) is 10.5. The van der Waals surface area contributed by atoms with Gasteiger partial charge in [-0.1, -0.05) is 29.8 Å². The number of pyridine rings is 1. The maximum atomic E-state index is 12.3. The number of ether oxygens (including phenoxy) is 2. The number of esters is 1. The molecule has 0 fully saturated rings. The van der Waals surface area contributed by atoms with E-state index in [2.05, 4.69) is 9.72 Å². The van der Waals surface area contributed by atoms with E-state index in [9.17, 15) is 13.6 Å². The first-order valence-corrected chi connectivity index (χ1v) is 6.25.